The summed E-state index contributed by atoms with van der Waals surface area (Å²) in [5, 5.41) is 8.85. The van der Waals surface area contributed by atoms with Gasteiger partial charge in [0.1, 0.15) is 6.61 Å². The molecule has 0 amide bonds. The molecule has 1 N–H and O–H groups in total. The maximum absolute atomic E-state index is 12.2. The summed E-state index contributed by atoms with van der Waals surface area (Å²) in [7, 11) is 0. The Bertz CT molecular complexity index is 778. The Kier molecular flexibility index (Phi) is 3.89. The lowest BCUT2D eigenvalue weighted by atomic mass is 10.1. The van der Waals surface area contributed by atoms with Gasteiger partial charge in [0.15, 0.2) is 0 Å². The second-order valence-corrected chi connectivity index (χ2v) is 5.20. The SMILES string of the molecule is O=c1ccc2c(n1Cc1ccccc1C#CCO)CCC2. The summed E-state index contributed by atoms with van der Waals surface area (Å²) < 4.78 is 1.86. The molecule has 0 saturated heterocycles. The van der Waals surface area contributed by atoms with Crippen molar-refractivity contribution in [3.63, 3.8) is 0 Å². The molecule has 106 valence electrons. The third kappa shape index (κ3) is 2.76. The molecule has 2 aromatic rings. The standard InChI is InChI=1S/C18H17NO2/c20-12-4-8-14-5-1-2-6-16(14)13-19-17-9-3-7-15(17)10-11-18(19)21/h1-2,5-6,10-11,20H,3,7,9,12-13H2. The van der Waals surface area contributed by atoms with E-state index < -0.39 is 0 Å². The van der Waals surface area contributed by atoms with Gasteiger partial charge in [-0.2, -0.15) is 0 Å². The average Bonchev–Trinajstić information content (AvgIpc) is 2.98. The van der Waals surface area contributed by atoms with Gasteiger partial charge >= 0.3 is 0 Å². The van der Waals surface area contributed by atoms with Crippen LogP contribution in [-0.4, -0.2) is 16.3 Å². The van der Waals surface area contributed by atoms with E-state index in [0.717, 1.165) is 36.1 Å². The van der Waals surface area contributed by atoms with Crippen LogP contribution in [0.2, 0.25) is 0 Å². The van der Waals surface area contributed by atoms with Gasteiger partial charge in [0.2, 0.25) is 0 Å². The van der Waals surface area contributed by atoms with Crippen LogP contribution in [0.1, 0.15) is 28.8 Å². The highest BCUT2D eigenvalue weighted by Gasteiger charge is 2.16. The van der Waals surface area contributed by atoms with Gasteiger partial charge in [0.25, 0.3) is 5.56 Å². The quantitative estimate of drug-likeness (QED) is 0.851. The summed E-state index contributed by atoms with van der Waals surface area (Å²) in [5.74, 6) is 5.63. The van der Waals surface area contributed by atoms with Crippen LogP contribution in [0.15, 0.2) is 41.2 Å². The predicted octanol–water partition coefficient (Wildman–Crippen LogP) is 1.73. The lowest BCUT2D eigenvalue weighted by molar-refractivity contribution is 0.350. The summed E-state index contributed by atoms with van der Waals surface area (Å²) in [6.45, 7) is 0.382. The number of aliphatic hydroxyl groups is 1. The summed E-state index contributed by atoms with van der Waals surface area (Å²) in [5.41, 5.74) is 4.37. The van der Waals surface area contributed by atoms with Crippen molar-refractivity contribution in [2.75, 3.05) is 6.61 Å². The molecule has 0 spiro atoms. The van der Waals surface area contributed by atoms with Crippen molar-refractivity contribution >= 4 is 0 Å². The third-order valence-corrected chi connectivity index (χ3v) is 3.90. The lowest BCUT2D eigenvalue weighted by Crippen LogP contribution is -2.23. The summed E-state index contributed by atoms with van der Waals surface area (Å²) in [6, 6.07) is 11.4. The molecule has 0 atom stereocenters. The van der Waals surface area contributed by atoms with Gasteiger partial charge < -0.3 is 9.67 Å². The van der Waals surface area contributed by atoms with Crippen LogP contribution in [0.4, 0.5) is 0 Å². The molecule has 1 aliphatic rings. The van der Waals surface area contributed by atoms with E-state index in [1.54, 1.807) is 6.07 Å². The topological polar surface area (TPSA) is 42.2 Å². The second-order valence-electron chi connectivity index (χ2n) is 5.20. The van der Waals surface area contributed by atoms with Crippen LogP contribution in [0, 0.1) is 11.8 Å². The largest absolute Gasteiger partial charge is 0.384 e. The maximum Gasteiger partial charge on any atom is 0.251 e. The van der Waals surface area contributed by atoms with Crippen molar-refractivity contribution in [2.45, 2.75) is 25.8 Å². The van der Waals surface area contributed by atoms with E-state index in [9.17, 15) is 4.79 Å². The number of rotatable bonds is 2. The number of hydrogen-bond acceptors (Lipinski definition) is 2. The monoisotopic (exact) mass is 279 g/mol. The van der Waals surface area contributed by atoms with Gasteiger partial charge in [-0.1, -0.05) is 36.1 Å². The zero-order chi connectivity index (χ0) is 14.7. The molecule has 3 heteroatoms. The first-order valence-electron chi connectivity index (χ1n) is 7.19. The van der Waals surface area contributed by atoms with Gasteiger partial charge in [-0.15, -0.1) is 0 Å². The van der Waals surface area contributed by atoms with E-state index in [1.165, 1.54) is 5.56 Å². The molecular weight excluding hydrogens is 262 g/mol. The first kappa shape index (κ1) is 13.7. The van der Waals surface area contributed by atoms with Crippen LogP contribution < -0.4 is 5.56 Å². The molecule has 3 nitrogen and oxygen atoms in total. The molecule has 0 saturated carbocycles. The van der Waals surface area contributed by atoms with Crippen LogP contribution in [-0.2, 0) is 19.4 Å². The van der Waals surface area contributed by atoms with Gasteiger partial charge in [0, 0.05) is 17.3 Å². The Labute approximate surface area is 123 Å². The van der Waals surface area contributed by atoms with Crippen molar-refractivity contribution in [3.05, 3.63) is 69.1 Å². The Morgan fingerprint density at radius 3 is 2.86 bits per heavy atom. The van der Waals surface area contributed by atoms with Crippen LogP contribution >= 0.6 is 0 Å². The number of benzene rings is 1. The number of fused-ring (bicyclic) bond motifs is 1. The minimum Gasteiger partial charge on any atom is -0.384 e. The smallest absolute Gasteiger partial charge is 0.251 e. The minimum atomic E-state index is -0.158. The fourth-order valence-corrected chi connectivity index (χ4v) is 2.89. The number of aliphatic hydroxyl groups excluding tert-OH is 1. The molecule has 0 bridgehead atoms. The molecule has 0 radical (unpaired) electrons. The van der Waals surface area contributed by atoms with Crippen LogP contribution in [0.25, 0.3) is 0 Å². The van der Waals surface area contributed by atoms with Gasteiger partial charge in [-0.05, 0) is 36.5 Å². The molecule has 21 heavy (non-hydrogen) atoms. The minimum absolute atomic E-state index is 0.0422. The molecule has 0 aliphatic heterocycles. The van der Waals surface area contributed by atoms with Gasteiger partial charge in [-0.25, -0.2) is 0 Å². The number of nitrogens with zero attached hydrogens (tertiary/aromatic N) is 1. The number of pyridine rings is 1. The van der Waals surface area contributed by atoms with E-state index >= 15 is 0 Å². The zero-order valence-electron chi connectivity index (χ0n) is 11.8. The first-order valence-corrected chi connectivity index (χ1v) is 7.19. The fraction of sp³-hybridized carbons (Fsp3) is 0.278. The summed E-state index contributed by atoms with van der Waals surface area (Å²) in [4.78, 5) is 12.2. The van der Waals surface area contributed by atoms with E-state index in [0.29, 0.717) is 6.54 Å². The lowest BCUT2D eigenvalue weighted by Gasteiger charge is -2.13. The van der Waals surface area contributed by atoms with Crippen LogP contribution in [0.3, 0.4) is 0 Å². The molecule has 1 aliphatic carbocycles. The van der Waals surface area contributed by atoms with Crippen molar-refractivity contribution in [1.82, 2.24) is 4.57 Å². The fourth-order valence-electron chi connectivity index (χ4n) is 2.89. The van der Waals surface area contributed by atoms with Gasteiger partial charge in [0.05, 0.1) is 6.54 Å². The van der Waals surface area contributed by atoms with Gasteiger partial charge in [-0.3, -0.25) is 4.79 Å². The molecule has 0 unspecified atom stereocenters. The Balaban J connectivity index is 2.02. The zero-order valence-corrected chi connectivity index (χ0v) is 11.8. The van der Waals surface area contributed by atoms with Crippen LogP contribution in [0.5, 0.6) is 0 Å². The highest BCUT2D eigenvalue weighted by atomic mass is 16.2. The molecule has 1 aromatic heterocycles. The number of aromatic nitrogens is 1. The highest BCUT2D eigenvalue weighted by molar-refractivity contribution is 5.42. The van der Waals surface area contributed by atoms with E-state index in [2.05, 4.69) is 11.8 Å². The maximum atomic E-state index is 12.2. The Morgan fingerprint density at radius 1 is 1.14 bits per heavy atom. The first-order chi connectivity index (χ1) is 10.3. The van der Waals surface area contributed by atoms with Crippen molar-refractivity contribution in [3.8, 4) is 11.8 Å². The molecule has 1 heterocycles. The normalized spacial score (nSPS) is 12.6. The third-order valence-electron chi connectivity index (χ3n) is 3.90. The second kappa shape index (κ2) is 5.99. The number of hydrogen-bond donors (Lipinski definition) is 1. The van der Waals surface area contributed by atoms with Crippen molar-refractivity contribution in [1.29, 1.82) is 0 Å². The highest BCUT2D eigenvalue weighted by Crippen LogP contribution is 2.21. The van der Waals surface area contributed by atoms with E-state index in [4.69, 9.17) is 5.11 Å². The summed E-state index contributed by atoms with van der Waals surface area (Å²) >= 11 is 0. The number of aryl methyl sites for hydroxylation is 1. The van der Waals surface area contributed by atoms with E-state index in [-0.39, 0.29) is 12.2 Å². The van der Waals surface area contributed by atoms with E-state index in [1.807, 2.05) is 34.9 Å². The summed E-state index contributed by atoms with van der Waals surface area (Å²) in [6.07, 6.45) is 3.14. The molecular formula is C18H17NO2. The Morgan fingerprint density at radius 2 is 2.00 bits per heavy atom. The predicted molar refractivity (Wildman–Crippen MR) is 82.2 cm³/mol. The molecule has 3 rings (SSSR count). The molecule has 0 fully saturated rings. The van der Waals surface area contributed by atoms with Crippen molar-refractivity contribution < 1.29 is 5.11 Å². The average molecular weight is 279 g/mol. The Hall–Kier alpha value is -2.31. The molecule has 1 aromatic carbocycles. The van der Waals surface area contributed by atoms with Crippen molar-refractivity contribution in [2.24, 2.45) is 0 Å².